The zero-order valence-electron chi connectivity index (χ0n) is 10.6. The molecule has 0 aliphatic heterocycles. The highest BCUT2D eigenvalue weighted by molar-refractivity contribution is 5.87. The van der Waals surface area contributed by atoms with E-state index in [1.807, 2.05) is 0 Å². The van der Waals surface area contributed by atoms with Gasteiger partial charge < -0.3 is 26.2 Å². The lowest BCUT2D eigenvalue weighted by atomic mass is 10.1. The molecule has 108 valence electrons. The lowest BCUT2D eigenvalue weighted by molar-refractivity contribution is -0.142. The number of urea groups is 1. The van der Waals surface area contributed by atoms with Gasteiger partial charge in [-0.25, -0.2) is 9.59 Å². The molecule has 0 radical (unpaired) electrons. The third-order valence-electron chi connectivity index (χ3n) is 2.24. The molecular weight excluding hydrogens is 258 g/mol. The van der Waals surface area contributed by atoms with E-state index in [4.69, 9.17) is 10.8 Å². The van der Waals surface area contributed by atoms with Gasteiger partial charge in [-0.2, -0.15) is 0 Å². The lowest BCUT2D eigenvalue weighted by Gasteiger charge is -2.16. The smallest absolute Gasteiger partial charge is 0.326 e. The summed E-state index contributed by atoms with van der Waals surface area (Å²) in [5, 5.41) is 13.1. The highest BCUT2D eigenvalue weighted by Crippen LogP contribution is 1.99. The van der Waals surface area contributed by atoms with Gasteiger partial charge in [0.1, 0.15) is 12.1 Å². The molecule has 3 amide bonds. The summed E-state index contributed by atoms with van der Waals surface area (Å²) in [6.45, 7) is 1.35. The summed E-state index contributed by atoms with van der Waals surface area (Å²) in [6, 6.07) is -3.06. The Morgan fingerprint density at radius 3 is 2.26 bits per heavy atom. The third-order valence-corrected chi connectivity index (χ3v) is 2.24. The number of nitrogens with one attached hydrogen (secondary N) is 2. The summed E-state index contributed by atoms with van der Waals surface area (Å²) in [7, 11) is 1.17. The quantitative estimate of drug-likeness (QED) is 0.418. The summed E-state index contributed by atoms with van der Waals surface area (Å²) in [5.74, 6) is -2.64. The topological polar surface area (TPSA) is 148 Å². The van der Waals surface area contributed by atoms with E-state index >= 15 is 0 Å². The number of nitrogens with two attached hydrogens (primary N) is 1. The predicted molar refractivity (Wildman–Crippen MR) is 63.0 cm³/mol. The summed E-state index contributed by atoms with van der Waals surface area (Å²) in [6.07, 6.45) is -0.278. The molecule has 0 spiro atoms. The Kier molecular flexibility index (Phi) is 6.94. The number of hydrogen-bond acceptors (Lipinski definition) is 5. The van der Waals surface area contributed by atoms with Crippen molar-refractivity contribution in [1.29, 1.82) is 0 Å². The largest absolute Gasteiger partial charge is 0.480 e. The van der Waals surface area contributed by atoms with Crippen molar-refractivity contribution in [2.45, 2.75) is 31.8 Å². The van der Waals surface area contributed by atoms with Gasteiger partial charge in [0.25, 0.3) is 0 Å². The van der Waals surface area contributed by atoms with Crippen molar-refractivity contribution in [3.05, 3.63) is 0 Å². The molecule has 1 unspecified atom stereocenters. The van der Waals surface area contributed by atoms with Crippen molar-refractivity contribution in [2.75, 3.05) is 7.11 Å². The predicted octanol–water partition coefficient (Wildman–Crippen LogP) is -1.43. The molecule has 0 fully saturated rings. The van der Waals surface area contributed by atoms with Gasteiger partial charge in [0.15, 0.2) is 0 Å². The standard InChI is InChI=1S/C10H17N3O6/c1-5(8(11)15)12-10(18)13-6(9(16)17)3-4-7(14)19-2/h5-6H,3-4H2,1-2H3,(H2,11,15)(H,16,17)(H2,12,13,18)/t5?,6-/m0/s1. The number of esters is 1. The molecule has 19 heavy (non-hydrogen) atoms. The fourth-order valence-electron chi connectivity index (χ4n) is 1.09. The Morgan fingerprint density at radius 1 is 1.26 bits per heavy atom. The molecule has 0 aliphatic rings. The molecule has 9 nitrogen and oxygen atoms in total. The number of ether oxygens (including phenoxy) is 1. The molecule has 5 N–H and O–H groups in total. The number of rotatable bonds is 7. The highest BCUT2D eigenvalue weighted by atomic mass is 16.5. The Hall–Kier alpha value is -2.32. The molecule has 0 bridgehead atoms. The number of primary amides is 1. The lowest BCUT2D eigenvalue weighted by Crippen LogP contribution is -2.51. The number of carboxylic acid groups (broad SMARTS) is 1. The van der Waals surface area contributed by atoms with Gasteiger partial charge in [0.2, 0.25) is 5.91 Å². The Labute approximate surface area is 109 Å². The third kappa shape index (κ3) is 6.86. The van der Waals surface area contributed by atoms with E-state index in [2.05, 4.69) is 15.4 Å². The molecule has 0 heterocycles. The van der Waals surface area contributed by atoms with E-state index in [0.29, 0.717) is 0 Å². The van der Waals surface area contributed by atoms with Crippen LogP contribution in [0.5, 0.6) is 0 Å². The number of carboxylic acids is 1. The minimum absolute atomic E-state index is 0.125. The van der Waals surface area contributed by atoms with Crippen LogP contribution < -0.4 is 16.4 Å². The minimum Gasteiger partial charge on any atom is -0.480 e. The van der Waals surface area contributed by atoms with Crippen LogP contribution in [0.25, 0.3) is 0 Å². The normalized spacial score (nSPS) is 12.9. The number of amides is 3. The fourth-order valence-corrected chi connectivity index (χ4v) is 1.09. The zero-order valence-corrected chi connectivity index (χ0v) is 10.6. The summed E-state index contributed by atoms with van der Waals surface area (Å²) >= 11 is 0. The van der Waals surface area contributed by atoms with E-state index in [1.54, 1.807) is 0 Å². The first-order chi connectivity index (χ1) is 8.77. The average molecular weight is 275 g/mol. The van der Waals surface area contributed by atoms with E-state index < -0.39 is 36.0 Å². The van der Waals surface area contributed by atoms with Crippen molar-refractivity contribution in [1.82, 2.24) is 10.6 Å². The van der Waals surface area contributed by atoms with Crippen LogP contribution in [-0.2, 0) is 19.1 Å². The number of hydrogen-bond donors (Lipinski definition) is 4. The molecule has 0 aliphatic carbocycles. The summed E-state index contributed by atoms with van der Waals surface area (Å²) < 4.78 is 4.36. The van der Waals surface area contributed by atoms with Crippen LogP contribution in [-0.4, -0.2) is 48.2 Å². The highest BCUT2D eigenvalue weighted by Gasteiger charge is 2.22. The van der Waals surface area contributed by atoms with E-state index in [1.165, 1.54) is 14.0 Å². The minimum atomic E-state index is -1.30. The second kappa shape index (κ2) is 7.90. The van der Waals surface area contributed by atoms with Gasteiger partial charge in [-0.1, -0.05) is 0 Å². The Balaban J connectivity index is 4.34. The second-order valence-electron chi connectivity index (χ2n) is 3.75. The maximum Gasteiger partial charge on any atom is 0.326 e. The molecule has 0 rings (SSSR count). The van der Waals surface area contributed by atoms with Crippen LogP contribution in [0.1, 0.15) is 19.8 Å². The maximum atomic E-state index is 11.4. The molecule has 9 heteroatoms. The van der Waals surface area contributed by atoms with Gasteiger partial charge >= 0.3 is 18.0 Å². The molecule has 0 aromatic heterocycles. The van der Waals surface area contributed by atoms with E-state index in [0.717, 1.165) is 0 Å². The first kappa shape index (κ1) is 16.7. The van der Waals surface area contributed by atoms with Crippen LogP contribution >= 0.6 is 0 Å². The maximum absolute atomic E-state index is 11.4. The first-order valence-corrected chi connectivity index (χ1v) is 5.44. The molecule has 0 aromatic carbocycles. The van der Waals surface area contributed by atoms with Crippen LogP contribution in [0, 0.1) is 0 Å². The molecule has 2 atom stereocenters. The Bertz CT molecular complexity index is 370. The van der Waals surface area contributed by atoms with Gasteiger partial charge in [0.05, 0.1) is 7.11 Å². The van der Waals surface area contributed by atoms with E-state index in [-0.39, 0.29) is 12.8 Å². The van der Waals surface area contributed by atoms with Gasteiger partial charge in [-0.05, 0) is 13.3 Å². The van der Waals surface area contributed by atoms with Gasteiger partial charge in [0, 0.05) is 6.42 Å². The SMILES string of the molecule is COC(=O)CC[C@H](NC(=O)NC(C)C(N)=O)C(=O)O. The summed E-state index contributed by atoms with van der Waals surface area (Å²) in [5.41, 5.74) is 4.93. The first-order valence-electron chi connectivity index (χ1n) is 5.44. The van der Waals surface area contributed by atoms with Crippen molar-refractivity contribution in [3.63, 3.8) is 0 Å². The molecular formula is C10H17N3O6. The van der Waals surface area contributed by atoms with E-state index in [9.17, 15) is 19.2 Å². The number of carbonyl (C=O) groups excluding carboxylic acids is 3. The van der Waals surface area contributed by atoms with Crippen molar-refractivity contribution in [2.24, 2.45) is 5.73 Å². The van der Waals surface area contributed by atoms with Gasteiger partial charge in [-0.15, -0.1) is 0 Å². The molecule has 0 saturated heterocycles. The van der Waals surface area contributed by atoms with Crippen molar-refractivity contribution < 1.29 is 29.0 Å². The average Bonchev–Trinajstić information content (AvgIpc) is 2.33. The monoisotopic (exact) mass is 275 g/mol. The summed E-state index contributed by atoms with van der Waals surface area (Å²) in [4.78, 5) is 43.8. The van der Waals surface area contributed by atoms with Crippen molar-refractivity contribution in [3.8, 4) is 0 Å². The molecule has 0 aromatic rings. The second-order valence-corrected chi connectivity index (χ2v) is 3.75. The molecule has 0 saturated carbocycles. The van der Waals surface area contributed by atoms with Gasteiger partial charge in [-0.3, -0.25) is 9.59 Å². The number of aliphatic carboxylic acids is 1. The van der Waals surface area contributed by atoms with Crippen LogP contribution in [0.2, 0.25) is 0 Å². The van der Waals surface area contributed by atoms with Crippen molar-refractivity contribution >= 4 is 23.9 Å². The van der Waals surface area contributed by atoms with Crippen LogP contribution in [0.4, 0.5) is 4.79 Å². The van der Waals surface area contributed by atoms with Crippen LogP contribution in [0.15, 0.2) is 0 Å². The Morgan fingerprint density at radius 2 is 1.84 bits per heavy atom. The zero-order chi connectivity index (χ0) is 15.0. The number of carbonyl (C=O) groups is 4. The van der Waals surface area contributed by atoms with Crippen LogP contribution in [0.3, 0.4) is 0 Å². The fraction of sp³-hybridized carbons (Fsp3) is 0.600. The number of methoxy groups -OCH3 is 1.